The number of hydrazone groups is 1. The molecule has 0 saturated carbocycles. The molecule has 2 N–H and O–H groups in total. The standard InChI is InChI=1S/C22H27N3O3S/c1-16(29-19-8-6-5-7-9-19)21(27)25-23-14-17-10-12-18(13-11-17)28-15-20(26)24-22(2,3)4/h5-14,16H,15H2,1-4H3,(H,24,26)(H,25,27)/b23-14-/t16-/m1/s1. The summed E-state index contributed by atoms with van der Waals surface area (Å²) in [6.07, 6.45) is 1.56. The Morgan fingerprint density at radius 2 is 1.76 bits per heavy atom. The molecule has 0 spiro atoms. The number of benzene rings is 2. The molecule has 154 valence electrons. The van der Waals surface area contributed by atoms with Crippen molar-refractivity contribution in [1.29, 1.82) is 0 Å². The zero-order valence-electron chi connectivity index (χ0n) is 17.1. The van der Waals surface area contributed by atoms with E-state index in [9.17, 15) is 9.59 Å². The van der Waals surface area contributed by atoms with Crippen LogP contribution < -0.4 is 15.5 Å². The predicted molar refractivity (Wildman–Crippen MR) is 117 cm³/mol. The molecule has 0 unspecified atom stereocenters. The highest BCUT2D eigenvalue weighted by Gasteiger charge is 2.14. The van der Waals surface area contributed by atoms with Crippen LogP contribution in [-0.2, 0) is 9.59 Å². The molecule has 0 aliphatic carbocycles. The molecule has 2 rings (SSSR count). The SMILES string of the molecule is C[C@@H](Sc1ccccc1)C(=O)N/N=C\c1ccc(OCC(=O)NC(C)(C)C)cc1. The van der Waals surface area contributed by atoms with Crippen LogP contribution in [0.1, 0.15) is 33.3 Å². The Kier molecular flexibility index (Phi) is 8.27. The summed E-state index contributed by atoms with van der Waals surface area (Å²) in [4.78, 5) is 24.9. The van der Waals surface area contributed by atoms with E-state index in [1.54, 1.807) is 30.5 Å². The topological polar surface area (TPSA) is 79.8 Å². The fraction of sp³-hybridized carbons (Fsp3) is 0.318. The lowest BCUT2D eigenvalue weighted by atomic mass is 10.1. The van der Waals surface area contributed by atoms with Gasteiger partial charge in [-0.3, -0.25) is 9.59 Å². The largest absolute Gasteiger partial charge is 0.484 e. The van der Waals surface area contributed by atoms with Gasteiger partial charge < -0.3 is 10.1 Å². The first kappa shape index (κ1) is 22.5. The normalized spacial score (nSPS) is 12.4. The summed E-state index contributed by atoms with van der Waals surface area (Å²) in [5.74, 6) is 0.247. The minimum absolute atomic E-state index is 0.0439. The summed E-state index contributed by atoms with van der Waals surface area (Å²) in [6, 6.07) is 16.9. The first-order valence-electron chi connectivity index (χ1n) is 9.31. The van der Waals surface area contributed by atoms with E-state index in [4.69, 9.17) is 4.74 Å². The van der Waals surface area contributed by atoms with Crippen LogP contribution >= 0.6 is 11.8 Å². The second-order valence-electron chi connectivity index (χ2n) is 7.46. The Morgan fingerprint density at radius 1 is 1.10 bits per heavy atom. The van der Waals surface area contributed by atoms with Crippen molar-refractivity contribution >= 4 is 29.8 Å². The fourth-order valence-electron chi connectivity index (χ4n) is 2.27. The van der Waals surface area contributed by atoms with Crippen molar-refractivity contribution in [3.63, 3.8) is 0 Å². The molecule has 0 aliphatic rings. The summed E-state index contributed by atoms with van der Waals surface area (Å²) in [5, 5.41) is 6.58. The van der Waals surface area contributed by atoms with Gasteiger partial charge in [-0.1, -0.05) is 18.2 Å². The van der Waals surface area contributed by atoms with Crippen LogP contribution in [0.3, 0.4) is 0 Å². The summed E-state index contributed by atoms with van der Waals surface area (Å²) in [6.45, 7) is 7.54. The quantitative estimate of drug-likeness (QED) is 0.394. The molecule has 2 aromatic rings. The van der Waals surface area contributed by atoms with Crippen LogP contribution in [0, 0.1) is 0 Å². The molecular formula is C22H27N3O3S. The van der Waals surface area contributed by atoms with Crippen LogP contribution in [0.4, 0.5) is 0 Å². The maximum atomic E-state index is 12.1. The minimum Gasteiger partial charge on any atom is -0.484 e. The van der Waals surface area contributed by atoms with Gasteiger partial charge in [0.1, 0.15) is 5.75 Å². The van der Waals surface area contributed by atoms with E-state index in [2.05, 4.69) is 15.8 Å². The van der Waals surface area contributed by atoms with Crippen LogP contribution in [0.5, 0.6) is 5.75 Å². The molecule has 2 amide bonds. The highest BCUT2D eigenvalue weighted by Crippen LogP contribution is 2.22. The van der Waals surface area contributed by atoms with Crippen molar-refractivity contribution in [2.75, 3.05) is 6.61 Å². The van der Waals surface area contributed by atoms with Gasteiger partial charge in [-0.15, -0.1) is 11.8 Å². The Hall–Kier alpha value is -2.80. The van der Waals surface area contributed by atoms with Crippen molar-refractivity contribution in [3.05, 3.63) is 60.2 Å². The summed E-state index contributed by atoms with van der Waals surface area (Å²) < 4.78 is 5.47. The van der Waals surface area contributed by atoms with Crippen LogP contribution in [-0.4, -0.2) is 35.4 Å². The third-order valence-corrected chi connectivity index (χ3v) is 4.69. The van der Waals surface area contributed by atoms with Gasteiger partial charge in [0, 0.05) is 10.4 Å². The molecule has 1 atom stereocenters. The zero-order valence-corrected chi connectivity index (χ0v) is 18.0. The smallest absolute Gasteiger partial charge is 0.258 e. The summed E-state index contributed by atoms with van der Waals surface area (Å²) in [7, 11) is 0. The number of hydrogen-bond donors (Lipinski definition) is 2. The van der Waals surface area contributed by atoms with Crippen LogP contribution in [0.2, 0.25) is 0 Å². The summed E-state index contributed by atoms with van der Waals surface area (Å²) >= 11 is 1.48. The first-order chi connectivity index (χ1) is 13.7. The number of amides is 2. The number of thioether (sulfide) groups is 1. The Bertz CT molecular complexity index is 831. The number of rotatable bonds is 8. The van der Waals surface area contributed by atoms with Crippen molar-refractivity contribution in [1.82, 2.24) is 10.7 Å². The number of nitrogens with zero attached hydrogens (tertiary/aromatic N) is 1. The molecular weight excluding hydrogens is 386 g/mol. The maximum Gasteiger partial charge on any atom is 0.258 e. The second kappa shape index (κ2) is 10.7. The average molecular weight is 414 g/mol. The number of hydrogen-bond acceptors (Lipinski definition) is 5. The highest BCUT2D eigenvalue weighted by atomic mass is 32.2. The Labute approximate surface area is 176 Å². The molecule has 7 heteroatoms. The monoisotopic (exact) mass is 413 g/mol. The number of nitrogens with one attached hydrogen (secondary N) is 2. The minimum atomic E-state index is -0.289. The van der Waals surface area contributed by atoms with Gasteiger partial charge in [0.2, 0.25) is 0 Å². The van der Waals surface area contributed by atoms with E-state index in [1.807, 2.05) is 58.0 Å². The second-order valence-corrected chi connectivity index (χ2v) is 8.88. The van der Waals surface area contributed by atoms with Gasteiger partial charge in [-0.05, 0) is 69.7 Å². The van der Waals surface area contributed by atoms with Gasteiger partial charge in [-0.25, -0.2) is 5.43 Å². The Morgan fingerprint density at radius 3 is 2.38 bits per heavy atom. The molecule has 2 aromatic carbocycles. The van der Waals surface area contributed by atoms with E-state index < -0.39 is 0 Å². The van der Waals surface area contributed by atoms with E-state index >= 15 is 0 Å². The van der Waals surface area contributed by atoms with Gasteiger partial charge in [-0.2, -0.15) is 5.10 Å². The lowest BCUT2D eigenvalue weighted by Gasteiger charge is -2.20. The van der Waals surface area contributed by atoms with E-state index in [1.165, 1.54) is 11.8 Å². The van der Waals surface area contributed by atoms with Gasteiger partial charge in [0.25, 0.3) is 11.8 Å². The van der Waals surface area contributed by atoms with Crippen LogP contribution in [0.25, 0.3) is 0 Å². The van der Waals surface area contributed by atoms with E-state index in [0.29, 0.717) is 5.75 Å². The number of carbonyl (C=O) groups is 2. The molecule has 0 aliphatic heterocycles. The molecule has 29 heavy (non-hydrogen) atoms. The van der Waals surface area contributed by atoms with Crippen molar-refractivity contribution in [2.24, 2.45) is 5.10 Å². The highest BCUT2D eigenvalue weighted by molar-refractivity contribution is 8.00. The lowest BCUT2D eigenvalue weighted by molar-refractivity contribution is -0.124. The zero-order chi connectivity index (χ0) is 21.3. The van der Waals surface area contributed by atoms with Gasteiger partial charge in [0.05, 0.1) is 11.5 Å². The van der Waals surface area contributed by atoms with Crippen molar-refractivity contribution in [2.45, 2.75) is 43.4 Å². The fourth-order valence-corrected chi connectivity index (χ4v) is 3.15. The predicted octanol–water partition coefficient (Wildman–Crippen LogP) is 3.61. The average Bonchev–Trinajstić information content (AvgIpc) is 2.66. The first-order valence-corrected chi connectivity index (χ1v) is 10.2. The third kappa shape index (κ3) is 8.83. The Balaban J connectivity index is 1.77. The third-order valence-electron chi connectivity index (χ3n) is 3.58. The van der Waals surface area contributed by atoms with E-state index in [-0.39, 0.29) is 29.2 Å². The van der Waals surface area contributed by atoms with Gasteiger partial charge >= 0.3 is 0 Å². The molecule has 0 saturated heterocycles. The summed E-state index contributed by atoms with van der Waals surface area (Å²) in [5.41, 5.74) is 3.07. The molecule has 0 radical (unpaired) electrons. The van der Waals surface area contributed by atoms with E-state index in [0.717, 1.165) is 10.5 Å². The molecule has 0 aromatic heterocycles. The lowest BCUT2D eigenvalue weighted by Crippen LogP contribution is -2.43. The number of ether oxygens (including phenoxy) is 1. The van der Waals surface area contributed by atoms with Crippen molar-refractivity contribution in [3.8, 4) is 5.75 Å². The van der Waals surface area contributed by atoms with Gasteiger partial charge in [0.15, 0.2) is 6.61 Å². The van der Waals surface area contributed by atoms with Crippen LogP contribution in [0.15, 0.2) is 64.6 Å². The molecule has 0 heterocycles. The molecule has 0 fully saturated rings. The van der Waals surface area contributed by atoms with Crippen molar-refractivity contribution < 1.29 is 14.3 Å². The molecule has 6 nitrogen and oxygen atoms in total. The molecule has 0 bridgehead atoms. The number of carbonyl (C=O) groups excluding carboxylic acids is 2. The maximum absolute atomic E-state index is 12.1.